The quantitative estimate of drug-likeness (QED) is 0.807. The molecule has 0 aromatic rings. The average Bonchev–Trinajstić information content (AvgIpc) is 3.21. The first kappa shape index (κ1) is 12.9. The molecule has 1 N–H and O–H groups in total. The van der Waals surface area contributed by atoms with Crippen molar-refractivity contribution in [3.8, 4) is 0 Å². The van der Waals surface area contributed by atoms with Crippen LogP contribution in [0.4, 0.5) is 0 Å². The summed E-state index contributed by atoms with van der Waals surface area (Å²) >= 11 is 0. The fraction of sp³-hybridized carbons (Fsp3) is 1.00. The van der Waals surface area contributed by atoms with Gasteiger partial charge in [0.15, 0.2) is 0 Å². The lowest BCUT2D eigenvalue weighted by Gasteiger charge is -2.44. The Labute approximate surface area is 113 Å². The second kappa shape index (κ2) is 4.79. The van der Waals surface area contributed by atoms with Gasteiger partial charge in [0.25, 0.3) is 0 Å². The Morgan fingerprint density at radius 2 is 2.00 bits per heavy atom. The van der Waals surface area contributed by atoms with Gasteiger partial charge in [-0.3, -0.25) is 4.90 Å². The van der Waals surface area contributed by atoms with Gasteiger partial charge < -0.3 is 5.32 Å². The maximum absolute atomic E-state index is 3.74. The lowest BCUT2D eigenvalue weighted by atomic mass is 9.93. The first-order chi connectivity index (χ1) is 8.64. The lowest BCUT2D eigenvalue weighted by Crippen LogP contribution is -2.59. The smallest absolute Gasteiger partial charge is 0.0244 e. The third kappa shape index (κ3) is 2.46. The van der Waals surface area contributed by atoms with E-state index in [2.05, 4.69) is 31.0 Å². The summed E-state index contributed by atoms with van der Waals surface area (Å²) in [6, 6.07) is 1.50. The highest BCUT2D eigenvalue weighted by molar-refractivity contribution is 5.06. The number of nitrogens with one attached hydrogen (secondary N) is 1. The van der Waals surface area contributed by atoms with Crippen molar-refractivity contribution in [3.63, 3.8) is 0 Å². The third-order valence-electron chi connectivity index (χ3n) is 5.66. The largest absolute Gasteiger partial charge is 0.311 e. The van der Waals surface area contributed by atoms with Crippen LogP contribution in [0.3, 0.4) is 0 Å². The molecular formula is C16H30N2. The van der Waals surface area contributed by atoms with E-state index in [4.69, 9.17) is 0 Å². The molecule has 1 aliphatic heterocycles. The minimum atomic E-state index is 0.731. The van der Waals surface area contributed by atoms with Crippen molar-refractivity contribution in [1.29, 1.82) is 0 Å². The summed E-state index contributed by atoms with van der Waals surface area (Å²) < 4.78 is 0. The second-order valence-electron chi connectivity index (χ2n) is 7.39. The van der Waals surface area contributed by atoms with E-state index in [0.717, 1.165) is 29.3 Å². The fourth-order valence-electron chi connectivity index (χ4n) is 3.97. The zero-order valence-electron chi connectivity index (χ0n) is 12.4. The van der Waals surface area contributed by atoms with Gasteiger partial charge >= 0.3 is 0 Å². The van der Waals surface area contributed by atoms with E-state index in [0.29, 0.717) is 0 Å². The summed E-state index contributed by atoms with van der Waals surface area (Å²) in [5, 5.41) is 3.74. The molecule has 0 bridgehead atoms. The first-order valence-electron chi connectivity index (χ1n) is 8.12. The maximum atomic E-state index is 3.74. The van der Waals surface area contributed by atoms with Crippen LogP contribution in [0.15, 0.2) is 0 Å². The number of rotatable bonds is 5. The molecule has 2 aliphatic carbocycles. The SMILES string of the molecule is CCC1CN(CC2(C3CC3)CC2)C(C(C)C)CN1. The Hall–Kier alpha value is -0.0800. The number of hydrogen-bond donors (Lipinski definition) is 1. The zero-order valence-corrected chi connectivity index (χ0v) is 12.4. The van der Waals surface area contributed by atoms with Gasteiger partial charge in [-0.05, 0) is 49.4 Å². The van der Waals surface area contributed by atoms with E-state index in [9.17, 15) is 0 Å². The molecule has 2 unspecified atom stereocenters. The van der Waals surface area contributed by atoms with Crippen LogP contribution in [-0.4, -0.2) is 36.6 Å². The molecule has 2 saturated carbocycles. The molecule has 2 atom stereocenters. The Morgan fingerprint density at radius 1 is 1.28 bits per heavy atom. The molecule has 18 heavy (non-hydrogen) atoms. The van der Waals surface area contributed by atoms with E-state index in [1.54, 1.807) is 0 Å². The van der Waals surface area contributed by atoms with Gasteiger partial charge in [-0.15, -0.1) is 0 Å². The van der Waals surface area contributed by atoms with Crippen molar-refractivity contribution in [1.82, 2.24) is 10.2 Å². The minimum Gasteiger partial charge on any atom is -0.311 e. The summed E-state index contributed by atoms with van der Waals surface area (Å²) in [5.74, 6) is 1.88. The van der Waals surface area contributed by atoms with Crippen molar-refractivity contribution in [2.24, 2.45) is 17.3 Å². The molecule has 0 spiro atoms. The average molecular weight is 250 g/mol. The predicted molar refractivity (Wildman–Crippen MR) is 76.7 cm³/mol. The molecule has 3 fully saturated rings. The zero-order chi connectivity index (χ0) is 12.8. The van der Waals surface area contributed by atoms with E-state index >= 15 is 0 Å². The van der Waals surface area contributed by atoms with Crippen LogP contribution >= 0.6 is 0 Å². The Kier molecular flexibility index (Phi) is 3.44. The maximum Gasteiger partial charge on any atom is 0.0244 e. The summed E-state index contributed by atoms with van der Waals surface area (Å²) in [4.78, 5) is 2.85. The monoisotopic (exact) mass is 250 g/mol. The molecule has 2 heteroatoms. The Bertz CT molecular complexity index is 291. The summed E-state index contributed by atoms with van der Waals surface area (Å²) in [6.07, 6.45) is 7.36. The van der Waals surface area contributed by atoms with Gasteiger partial charge in [-0.25, -0.2) is 0 Å². The Morgan fingerprint density at radius 3 is 2.50 bits per heavy atom. The van der Waals surface area contributed by atoms with Gasteiger partial charge in [0.2, 0.25) is 0 Å². The van der Waals surface area contributed by atoms with Crippen LogP contribution in [0.1, 0.15) is 52.9 Å². The molecule has 1 saturated heterocycles. The van der Waals surface area contributed by atoms with Crippen LogP contribution < -0.4 is 5.32 Å². The summed E-state index contributed by atoms with van der Waals surface area (Å²) in [5.41, 5.74) is 0.767. The van der Waals surface area contributed by atoms with Crippen LogP contribution in [0.2, 0.25) is 0 Å². The van der Waals surface area contributed by atoms with Crippen molar-refractivity contribution in [3.05, 3.63) is 0 Å². The molecule has 0 aromatic carbocycles. The molecule has 0 aromatic heterocycles. The van der Waals surface area contributed by atoms with Crippen LogP contribution in [0, 0.1) is 17.3 Å². The van der Waals surface area contributed by atoms with Crippen molar-refractivity contribution in [2.75, 3.05) is 19.6 Å². The van der Waals surface area contributed by atoms with Gasteiger partial charge in [0.1, 0.15) is 0 Å². The predicted octanol–water partition coefficient (Wildman–Crippen LogP) is 2.89. The van der Waals surface area contributed by atoms with Crippen LogP contribution in [0.5, 0.6) is 0 Å². The topological polar surface area (TPSA) is 15.3 Å². The van der Waals surface area contributed by atoms with Gasteiger partial charge in [-0.2, -0.15) is 0 Å². The van der Waals surface area contributed by atoms with Crippen molar-refractivity contribution >= 4 is 0 Å². The van der Waals surface area contributed by atoms with Crippen LogP contribution in [-0.2, 0) is 0 Å². The summed E-state index contributed by atoms with van der Waals surface area (Å²) in [7, 11) is 0. The second-order valence-corrected chi connectivity index (χ2v) is 7.39. The molecule has 3 rings (SSSR count). The van der Waals surface area contributed by atoms with Crippen molar-refractivity contribution in [2.45, 2.75) is 65.0 Å². The number of piperazine rings is 1. The molecule has 104 valence electrons. The van der Waals surface area contributed by atoms with Gasteiger partial charge in [0.05, 0.1) is 0 Å². The fourth-order valence-corrected chi connectivity index (χ4v) is 3.97. The van der Waals surface area contributed by atoms with Gasteiger partial charge in [0, 0.05) is 31.7 Å². The molecule has 1 heterocycles. The highest BCUT2D eigenvalue weighted by atomic mass is 15.2. The minimum absolute atomic E-state index is 0.731. The standard InChI is InChI=1S/C16H30N2/c1-4-14-10-18(15(9-17-14)12(2)3)11-16(7-8-16)13-5-6-13/h12-15,17H,4-11H2,1-3H3. The lowest BCUT2D eigenvalue weighted by molar-refractivity contribution is 0.0707. The molecule has 3 aliphatic rings. The molecule has 0 radical (unpaired) electrons. The Balaban J connectivity index is 1.65. The van der Waals surface area contributed by atoms with Crippen molar-refractivity contribution < 1.29 is 0 Å². The van der Waals surface area contributed by atoms with E-state index in [-0.39, 0.29) is 0 Å². The van der Waals surface area contributed by atoms with E-state index < -0.39 is 0 Å². The van der Waals surface area contributed by atoms with Gasteiger partial charge in [-0.1, -0.05) is 20.8 Å². The normalized spacial score (nSPS) is 36.0. The summed E-state index contributed by atoms with van der Waals surface area (Å²) in [6.45, 7) is 11.0. The van der Waals surface area contributed by atoms with E-state index in [1.807, 2.05) is 0 Å². The van der Waals surface area contributed by atoms with Crippen LogP contribution in [0.25, 0.3) is 0 Å². The highest BCUT2D eigenvalue weighted by Gasteiger charge is 2.55. The molecule has 0 amide bonds. The number of nitrogens with zero attached hydrogens (tertiary/aromatic N) is 1. The number of hydrogen-bond acceptors (Lipinski definition) is 2. The molecule has 2 nitrogen and oxygen atoms in total. The molecular weight excluding hydrogens is 220 g/mol. The first-order valence-corrected chi connectivity index (χ1v) is 8.12. The third-order valence-corrected chi connectivity index (χ3v) is 5.66. The van der Waals surface area contributed by atoms with E-state index in [1.165, 1.54) is 51.7 Å². The highest BCUT2D eigenvalue weighted by Crippen LogP contribution is 2.61.